The van der Waals surface area contributed by atoms with Crippen LogP contribution in [0.3, 0.4) is 0 Å². The van der Waals surface area contributed by atoms with Gasteiger partial charge in [-0.15, -0.1) is 21.5 Å². The summed E-state index contributed by atoms with van der Waals surface area (Å²) in [6.07, 6.45) is 0. The van der Waals surface area contributed by atoms with Crippen molar-refractivity contribution < 1.29 is 8.42 Å². The average molecular weight is 436 g/mol. The van der Waals surface area contributed by atoms with Crippen molar-refractivity contribution >= 4 is 43.9 Å². The first-order chi connectivity index (χ1) is 14.6. The highest BCUT2D eigenvalue weighted by Gasteiger charge is 2.29. The van der Waals surface area contributed by atoms with Crippen molar-refractivity contribution in [1.82, 2.24) is 19.6 Å². The summed E-state index contributed by atoms with van der Waals surface area (Å²) in [5.41, 5.74) is 2.76. The molecule has 0 bridgehead atoms. The van der Waals surface area contributed by atoms with Gasteiger partial charge < -0.3 is 0 Å². The molecule has 0 atom stereocenters. The first-order valence-corrected chi connectivity index (χ1v) is 11.7. The molecule has 150 valence electrons. The van der Waals surface area contributed by atoms with E-state index < -0.39 is 10.0 Å². The predicted octanol–water partition coefficient (Wildman–Crippen LogP) is 4.22. The lowest BCUT2D eigenvalue weighted by Gasteiger charge is -2.21. The van der Waals surface area contributed by atoms with Gasteiger partial charge in [0.15, 0.2) is 11.6 Å². The van der Waals surface area contributed by atoms with Crippen LogP contribution in [0.4, 0.5) is 5.82 Å². The molecule has 3 aromatic heterocycles. The van der Waals surface area contributed by atoms with E-state index in [1.54, 1.807) is 24.4 Å². The normalized spacial score (nSPS) is 11.9. The molecule has 30 heavy (non-hydrogen) atoms. The van der Waals surface area contributed by atoms with Crippen LogP contribution in [0.5, 0.6) is 0 Å². The first-order valence-electron chi connectivity index (χ1n) is 9.37. The molecule has 0 aliphatic rings. The maximum atomic E-state index is 13.3. The van der Waals surface area contributed by atoms with Crippen LogP contribution >= 0.6 is 11.3 Å². The second kappa shape index (κ2) is 7.19. The summed E-state index contributed by atoms with van der Waals surface area (Å²) >= 11 is 1.18. The monoisotopic (exact) mass is 435 g/mol. The Morgan fingerprint density at radius 2 is 1.73 bits per heavy atom. The van der Waals surface area contributed by atoms with Gasteiger partial charge in [0, 0.05) is 12.1 Å². The molecule has 0 fully saturated rings. The van der Waals surface area contributed by atoms with E-state index in [0.717, 1.165) is 11.1 Å². The molecular weight excluding hydrogens is 418 g/mol. The molecule has 0 aliphatic heterocycles. The number of hydrogen-bond acceptors (Lipinski definition) is 6. The molecule has 5 rings (SSSR count). The fraction of sp³-hybridized carbons (Fsp3) is 0.0952. The summed E-state index contributed by atoms with van der Waals surface area (Å²) in [6, 6.07) is 20.6. The summed E-state index contributed by atoms with van der Waals surface area (Å²) < 4.78 is 30.1. The van der Waals surface area contributed by atoms with Gasteiger partial charge in [-0.2, -0.15) is 0 Å². The van der Waals surface area contributed by atoms with Gasteiger partial charge in [-0.05, 0) is 30.5 Å². The SMILES string of the molecule is CCN(c1nc2ccccc2n2c(-c3ccccc3)nnc12)S(=O)(=O)c1cccs1. The van der Waals surface area contributed by atoms with Gasteiger partial charge in [0.1, 0.15) is 4.21 Å². The molecule has 7 nitrogen and oxygen atoms in total. The van der Waals surface area contributed by atoms with Crippen LogP contribution in [0.2, 0.25) is 0 Å². The molecule has 2 aromatic carbocycles. The van der Waals surface area contributed by atoms with E-state index in [0.29, 0.717) is 17.0 Å². The van der Waals surface area contributed by atoms with Crippen molar-refractivity contribution in [1.29, 1.82) is 0 Å². The zero-order valence-electron chi connectivity index (χ0n) is 16.0. The van der Waals surface area contributed by atoms with Gasteiger partial charge in [0.05, 0.1) is 11.0 Å². The number of hydrogen-bond donors (Lipinski definition) is 0. The summed E-state index contributed by atoms with van der Waals surface area (Å²) in [7, 11) is -3.77. The number of fused-ring (bicyclic) bond motifs is 3. The highest BCUT2D eigenvalue weighted by Crippen LogP contribution is 2.32. The van der Waals surface area contributed by atoms with Crippen LogP contribution in [0, 0.1) is 0 Å². The van der Waals surface area contributed by atoms with E-state index in [2.05, 4.69) is 15.2 Å². The number of thiophene rings is 1. The second-order valence-electron chi connectivity index (χ2n) is 6.57. The molecule has 0 N–H and O–H groups in total. The molecule has 3 heterocycles. The fourth-order valence-corrected chi connectivity index (χ4v) is 5.99. The molecule has 0 amide bonds. The van der Waals surface area contributed by atoms with Gasteiger partial charge >= 0.3 is 0 Å². The van der Waals surface area contributed by atoms with Crippen LogP contribution in [0.1, 0.15) is 6.92 Å². The molecule has 0 unspecified atom stereocenters. The van der Waals surface area contributed by atoms with Crippen molar-refractivity contribution in [3.8, 4) is 11.4 Å². The number of nitrogens with zero attached hydrogens (tertiary/aromatic N) is 5. The lowest BCUT2D eigenvalue weighted by atomic mass is 10.2. The van der Waals surface area contributed by atoms with Crippen LogP contribution in [0.25, 0.3) is 28.1 Å². The Bertz CT molecular complexity index is 1450. The Balaban J connectivity index is 1.84. The maximum Gasteiger partial charge on any atom is 0.275 e. The van der Waals surface area contributed by atoms with Crippen molar-refractivity contribution in [3.63, 3.8) is 0 Å². The van der Waals surface area contributed by atoms with Crippen molar-refractivity contribution in [2.75, 3.05) is 10.8 Å². The molecule has 5 aromatic rings. The van der Waals surface area contributed by atoms with Gasteiger partial charge in [0.2, 0.25) is 5.65 Å². The van der Waals surface area contributed by atoms with E-state index in [4.69, 9.17) is 0 Å². The standard InChI is InChI=1S/C21H17N5O2S2/c1-2-25(30(27,28)18-13-8-14-29-18)20-21-24-23-19(15-9-4-3-5-10-15)26(21)17-12-7-6-11-16(17)22-20/h3-14H,2H2,1H3. The number of sulfonamides is 1. The highest BCUT2D eigenvalue weighted by atomic mass is 32.2. The quantitative estimate of drug-likeness (QED) is 0.413. The van der Waals surface area contributed by atoms with Crippen LogP contribution in [0.15, 0.2) is 76.3 Å². The van der Waals surface area contributed by atoms with Crippen LogP contribution in [-0.2, 0) is 10.0 Å². The van der Waals surface area contributed by atoms with Crippen LogP contribution in [-0.4, -0.2) is 34.5 Å². The van der Waals surface area contributed by atoms with E-state index in [9.17, 15) is 8.42 Å². The molecule has 0 saturated heterocycles. The smallest absolute Gasteiger partial charge is 0.270 e. The average Bonchev–Trinajstić information content (AvgIpc) is 3.46. The number of anilines is 1. The van der Waals surface area contributed by atoms with Gasteiger partial charge in [0.25, 0.3) is 10.0 Å². The summed E-state index contributed by atoms with van der Waals surface area (Å²) in [4.78, 5) is 4.69. The Labute approximate surface area is 177 Å². The highest BCUT2D eigenvalue weighted by molar-refractivity contribution is 7.94. The molecular formula is C21H17N5O2S2. The number of benzene rings is 2. The van der Waals surface area contributed by atoms with Crippen molar-refractivity contribution in [2.45, 2.75) is 11.1 Å². The first kappa shape index (κ1) is 18.7. The Morgan fingerprint density at radius 3 is 2.47 bits per heavy atom. The summed E-state index contributed by atoms with van der Waals surface area (Å²) in [5, 5.41) is 10.5. The third-order valence-corrected chi connectivity index (χ3v) is 8.05. The minimum Gasteiger partial charge on any atom is -0.270 e. The molecule has 0 saturated carbocycles. The van der Waals surface area contributed by atoms with Crippen molar-refractivity contribution in [3.05, 3.63) is 72.1 Å². The third-order valence-electron chi connectivity index (χ3n) is 4.81. The predicted molar refractivity (Wildman–Crippen MR) is 118 cm³/mol. The maximum absolute atomic E-state index is 13.3. The van der Waals surface area contributed by atoms with E-state index in [-0.39, 0.29) is 16.6 Å². The Hall–Kier alpha value is -3.30. The minimum absolute atomic E-state index is 0.217. The molecule has 0 aliphatic carbocycles. The lowest BCUT2D eigenvalue weighted by molar-refractivity contribution is 0.593. The lowest BCUT2D eigenvalue weighted by Crippen LogP contribution is -2.31. The zero-order chi connectivity index (χ0) is 20.7. The largest absolute Gasteiger partial charge is 0.275 e. The van der Waals surface area contributed by atoms with E-state index in [1.807, 2.05) is 59.0 Å². The van der Waals surface area contributed by atoms with E-state index in [1.165, 1.54) is 15.6 Å². The Morgan fingerprint density at radius 1 is 0.967 bits per heavy atom. The molecule has 0 spiro atoms. The topological polar surface area (TPSA) is 80.5 Å². The Kier molecular flexibility index (Phi) is 4.48. The minimum atomic E-state index is -3.77. The summed E-state index contributed by atoms with van der Waals surface area (Å²) in [5.74, 6) is 0.898. The fourth-order valence-electron chi connectivity index (χ4n) is 3.46. The third kappa shape index (κ3) is 2.86. The molecule has 0 radical (unpaired) electrons. The number of rotatable bonds is 5. The summed E-state index contributed by atoms with van der Waals surface area (Å²) in [6.45, 7) is 2.00. The van der Waals surface area contributed by atoms with Crippen molar-refractivity contribution in [2.24, 2.45) is 0 Å². The van der Waals surface area contributed by atoms with Gasteiger partial charge in [-0.3, -0.25) is 4.40 Å². The number of aromatic nitrogens is 4. The number of para-hydroxylation sites is 2. The molecule has 9 heteroatoms. The zero-order valence-corrected chi connectivity index (χ0v) is 17.6. The van der Waals surface area contributed by atoms with Crippen LogP contribution < -0.4 is 4.31 Å². The van der Waals surface area contributed by atoms with Gasteiger partial charge in [-0.1, -0.05) is 48.5 Å². The second-order valence-corrected chi connectivity index (χ2v) is 9.61. The van der Waals surface area contributed by atoms with E-state index >= 15 is 0 Å². The van der Waals surface area contributed by atoms with Gasteiger partial charge in [-0.25, -0.2) is 17.7 Å².